The normalized spacial score (nSPS) is 10.6. The van der Waals surface area contributed by atoms with Crippen molar-refractivity contribution in [1.29, 1.82) is 0 Å². The topological polar surface area (TPSA) is 142 Å². The third kappa shape index (κ3) is 24.8. The molecule has 210 valence electrons. The molecule has 0 aliphatic carbocycles. The lowest BCUT2D eigenvalue weighted by Gasteiger charge is -2.07. The number of ether oxygens (including phenoxy) is 8. The second-order valence-electron chi connectivity index (χ2n) is 7.51. The molecule has 0 amide bonds. The van der Waals surface area contributed by atoms with Gasteiger partial charge >= 0.3 is 23.9 Å². The second-order valence-corrected chi connectivity index (χ2v) is 7.51. The molecule has 0 aromatic carbocycles. The minimum atomic E-state index is -0.423. The molecule has 0 bridgehead atoms. The molecule has 0 rings (SSSR count). The Morgan fingerprint density at radius 2 is 0.639 bits per heavy atom. The van der Waals surface area contributed by atoms with E-state index in [4.69, 9.17) is 37.9 Å². The molecule has 12 nitrogen and oxygen atoms in total. The van der Waals surface area contributed by atoms with Crippen LogP contribution in [0.1, 0.15) is 51.4 Å². The van der Waals surface area contributed by atoms with Gasteiger partial charge in [0.05, 0.1) is 39.6 Å². The molecule has 0 saturated carbocycles. The standard InChI is InChI=1S/C24H42O12/c1-29-11-13-31-15-17-33-21(25)7-3-5-9-23(27)35-19-20-36-24(28)10-6-4-8-22(26)34-18-16-32-14-12-30-2/h3-20H2,1-2H3. The molecule has 0 spiro atoms. The van der Waals surface area contributed by atoms with Crippen LogP contribution in [0.3, 0.4) is 0 Å². The van der Waals surface area contributed by atoms with E-state index in [1.54, 1.807) is 14.2 Å². The fraction of sp³-hybridized carbons (Fsp3) is 0.833. The largest absolute Gasteiger partial charge is 0.463 e. The Morgan fingerprint density at radius 3 is 0.917 bits per heavy atom. The fourth-order valence-corrected chi connectivity index (χ4v) is 2.59. The molecule has 0 aliphatic rings. The maximum Gasteiger partial charge on any atom is 0.305 e. The SMILES string of the molecule is COCCOCCOC(=O)CCCCC(=O)OCCOC(=O)CCCCC(=O)OCCOCCOC. The summed E-state index contributed by atoms with van der Waals surface area (Å²) in [5.74, 6) is -1.53. The molecule has 0 radical (unpaired) electrons. The van der Waals surface area contributed by atoms with Crippen LogP contribution in [0, 0.1) is 0 Å². The van der Waals surface area contributed by atoms with E-state index < -0.39 is 11.9 Å². The average molecular weight is 523 g/mol. The van der Waals surface area contributed by atoms with E-state index in [1.165, 1.54) is 0 Å². The predicted molar refractivity (Wildman–Crippen MR) is 126 cm³/mol. The lowest BCUT2D eigenvalue weighted by atomic mass is 10.2. The van der Waals surface area contributed by atoms with E-state index in [2.05, 4.69) is 0 Å². The van der Waals surface area contributed by atoms with E-state index >= 15 is 0 Å². The van der Waals surface area contributed by atoms with Gasteiger partial charge in [0, 0.05) is 39.9 Å². The van der Waals surface area contributed by atoms with Gasteiger partial charge in [-0.15, -0.1) is 0 Å². The molecule has 0 aromatic heterocycles. The van der Waals surface area contributed by atoms with Crippen LogP contribution in [-0.4, -0.2) is 104 Å². The fourth-order valence-electron chi connectivity index (χ4n) is 2.59. The highest BCUT2D eigenvalue weighted by molar-refractivity contribution is 5.71. The van der Waals surface area contributed by atoms with Gasteiger partial charge in [0.1, 0.15) is 26.4 Å². The molecule has 0 aromatic rings. The van der Waals surface area contributed by atoms with Crippen molar-refractivity contribution in [3.63, 3.8) is 0 Å². The molecule has 36 heavy (non-hydrogen) atoms. The van der Waals surface area contributed by atoms with Crippen molar-refractivity contribution >= 4 is 23.9 Å². The number of carbonyl (C=O) groups excluding carboxylic acids is 4. The van der Waals surface area contributed by atoms with E-state index in [9.17, 15) is 19.2 Å². The van der Waals surface area contributed by atoms with Crippen LogP contribution >= 0.6 is 0 Å². The Labute approximate surface area is 213 Å². The summed E-state index contributed by atoms with van der Waals surface area (Å²) in [6.07, 6.45) is 2.73. The smallest absolute Gasteiger partial charge is 0.305 e. The quantitative estimate of drug-likeness (QED) is 0.0976. The first-order valence-electron chi connectivity index (χ1n) is 12.3. The first kappa shape index (κ1) is 33.7. The first-order valence-corrected chi connectivity index (χ1v) is 12.3. The Bertz CT molecular complexity index is 531. The molecule has 0 saturated heterocycles. The van der Waals surface area contributed by atoms with E-state index in [0.717, 1.165) is 0 Å². The molecular weight excluding hydrogens is 480 g/mol. The number of carbonyl (C=O) groups is 4. The summed E-state index contributed by atoms with van der Waals surface area (Å²) >= 11 is 0. The minimum absolute atomic E-state index is 0.0333. The van der Waals surface area contributed by atoms with Crippen molar-refractivity contribution in [3.8, 4) is 0 Å². The minimum Gasteiger partial charge on any atom is -0.463 e. The lowest BCUT2D eigenvalue weighted by molar-refractivity contribution is -0.152. The van der Waals surface area contributed by atoms with Crippen LogP contribution < -0.4 is 0 Å². The van der Waals surface area contributed by atoms with Crippen LogP contribution in [0.5, 0.6) is 0 Å². The van der Waals surface area contributed by atoms with Crippen LogP contribution in [0.4, 0.5) is 0 Å². The number of esters is 4. The number of rotatable bonds is 25. The summed E-state index contributed by atoms with van der Waals surface area (Å²) in [4.78, 5) is 46.5. The zero-order chi connectivity index (χ0) is 26.7. The van der Waals surface area contributed by atoms with Gasteiger partial charge in [-0.2, -0.15) is 0 Å². The molecule has 0 fully saturated rings. The molecule has 0 atom stereocenters. The predicted octanol–water partition coefficient (Wildman–Crippen LogP) is 1.61. The molecule has 0 heterocycles. The van der Waals surface area contributed by atoms with E-state index in [-0.39, 0.29) is 64.0 Å². The van der Waals surface area contributed by atoms with Crippen molar-refractivity contribution in [2.24, 2.45) is 0 Å². The van der Waals surface area contributed by atoms with Crippen molar-refractivity contribution in [2.75, 3.05) is 80.3 Å². The van der Waals surface area contributed by atoms with Crippen molar-refractivity contribution in [2.45, 2.75) is 51.4 Å². The molecule has 0 N–H and O–H groups in total. The van der Waals surface area contributed by atoms with Gasteiger partial charge in [0.25, 0.3) is 0 Å². The highest BCUT2D eigenvalue weighted by atomic mass is 16.6. The summed E-state index contributed by atoms with van der Waals surface area (Å²) in [6, 6.07) is 0. The third-order valence-corrected chi connectivity index (χ3v) is 4.48. The summed E-state index contributed by atoms with van der Waals surface area (Å²) in [5, 5.41) is 0. The Balaban J connectivity index is 3.49. The van der Waals surface area contributed by atoms with Crippen LogP contribution in [-0.2, 0) is 57.1 Å². The second kappa shape index (κ2) is 25.8. The van der Waals surface area contributed by atoms with Gasteiger partial charge in [-0.1, -0.05) is 0 Å². The molecule has 12 heteroatoms. The number of unbranched alkanes of at least 4 members (excludes halogenated alkanes) is 2. The van der Waals surface area contributed by atoms with Gasteiger partial charge in [-0.3, -0.25) is 19.2 Å². The maximum atomic E-state index is 11.7. The van der Waals surface area contributed by atoms with Crippen LogP contribution in [0.2, 0.25) is 0 Å². The van der Waals surface area contributed by atoms with Gasteiger partial charge in [0.2, 0.25) is 0 Å². The summed E-state index contributed by atoms with van der Waals surface area (Å²) in [7, 11) is 3.15. The van der Waals surface area contributed by atoms with Crippen LogP contribution in [0.15, 0.2) is 0 Å². The first-order chi connectivity index (χ1) is 17.5. The van der Waals surface area contributed by atoms with Crippen molar-refractivity contribution < 1.29 is 57.1 Å². The summed E-state index contributed by atoms with van der Waals surface area (Å²) in [5.41, 5.74) is 0. The number of hydrogen-bond donors (Lipinski definition) is 0. The van der Waals surface area contributed by atoms with E-state index in [1.807, 2.05) is 0 Å². The van der Waals surface area contributed by atoms with Gasteiger partial charge in [-0.05, 0) is 25.7 Å². The highest BCUT2D eigenvalue weighted by Gasteiger charge is 2.09. The van der Waals surface area contributed by atoms with Gasteiger partial charge in [-0.25, -0.2) is 0 Å². The van der Waals surface area contributed by atoms with Crippen LogP contribution in [0.25, 0.3) is 0 Å². The Kier molecular flexibility index (Phi) is 24.2. The summed E-state index contributed by atoms with van der Waals surface area (Å²) < 4.78 is 40.0. The molecule has 0 aliphatic heterocycles. The highest BCUT2D eigenvalue weighted by Crippen LogP contribution is 2.05. The number of methoxy groups -OCH3 is 2. The zero-order valence-electron chi connectivity index (χ0n) is 21.6. The van der Waals surface area contributed by atoms with Crippen molar-refractivity contribution in [3.05, 3.63) is 0 Å². The lowest BCUT2D eigenvalue weighted by Crippen LogP contribution is -2.14. The third-order valence-electron chi connectivity index (χ3n) is 4.48. The summed E-state index contributed by atoms with van der Waals surface area (Å²) in [6.45, 7) is 2.79. The number of hydrogen-bond acceptors (Lipinski definition) is 12. The van der Waals surface area contributed by atoms with E-state index in [0.29, 0.717) is 65.3 Å². The molecule has 0 unspecified atom stereocenters. The maximum absolute atomic E-state index is 11.7. The Hall–Kier alpha value is -2.28. The zero-order valence-corrected chi connectivity index (χ0v) is 21.6. The monoisotopic (exact) mass is 522 g/mol. The van der Waals surface area contributed by atoms with Gasteiger partial charge in [0.15, 0.2) is 0 Å². The average Bonchev–Trinajstić information content (AvgIpc) is 2.86. The van der Waals surface area contributed by atoms with Gasteiger partial charge < -0.3 is 37.9 Å². The molecular formula is C24H42O12. The Morgan fingerprint density at radius 1 is 0.389 bits per heavy atom. The van der Waals surface area contributed by atoms with Crippen molar-refractivity contribution in [1.82, 2.24) is 0 Å².